The molecule has 0 saturated heterocycles. The van der Waals surface area contributed by atoms with E-state index in [0.717, 1.165) is 0 Å². The van der Waals surface area contributed by atoms with Crippen LogP contribution < -0.4 is 5.32 Å². The quantitative estimate of drug-likeness (QED) is 0.624. The van der Waals surface area contributed by atoms with Gasteiger partial charge in [0.1, 0.15) is 0 Å². The SMILES string of the molecule is CC1(C)C(C(=O)NCC(O)CO)C1(C)C. The van der Waals surface area contributed by atoms with E-state index in [1.807, 2.05) is 0 Å². The maximum atomic E-state index is 11.8. The van der Waals surface area contributed by atoms with Crippen molar-refractivity contribution in [3.63, 3.8) is 0 Å². The van der Waals surface area contributed by atoms with E-state index in [4.69, 9.17) is 10.2 Å². The Kier molecular flexibility index (Phi) is 3.12. The lowest BCUT2D eigenvalue weighted by atomic mass is 10.0. The minimum Gasteiger partial charge on any atom is -0.394 e. The molecule has 1 aliphatic rings. The molecule has 0 radical (unpaired) electrons. The molecule has 1 amide bonds. The normalized spacial score (nSPS) is 24.7. The lowest BCUT2D eigenvalue weighted by Crippen LogP contribution is -2.35. The number of hydrogen-bond acceptors (Lipinski definition) is 3. The fourth-order valence-electron chi connectivity index (χ4n) is 2.24. The third-order valence-electron chi connectivity index (χ3n) is 4.01. The van der Waals surface area contributed by atoms with Crippen molar-refractivity contribution >= 4 is 5.91 Å². The van der Waals surface area contributed by atoms with Crippen LogP contribution in [-0.4, -0.2) is 35.4 Å². The summed E-state index contributed by atoms with van der Waals surface area (Å²) >= 11 is 0. The first-order valence-corrected chi connectivity index (χ1v) is 5.31. The van der Waals surface area contributed by atoms with Gasteiger partial charge in [-0.2, -0.15) is 0 Å². The zero-order chi connectivity index (χ0) is 11.9. The number of aliphatic hydroxyl groups is 2. The zero-order valence-corrected chi connectivity index (χ0v) is 9.87. The first kappa shape index (κ1) is 12.5. The number of carbonyl (C=O) groups is 1. The smallest absolute Gasteiger partial charge is 0.224 e. The molecule has 1 atom stereocenters. The molecule has 1 rings (SSSR count). The van der Waals surface area contributed by atoms with E-state index in [0.29, 0.717) is 0 Å². The third kappa shape index (κ3) is 2.01. The zero-order valence-electron chi connectivity index (χ0n) is 9.87. The van der Waals surface area contributed by atoms with Gasteiger partial charge in [-0.25, -0.2) is 0 Å². The average molecular weight is 215 g/mol. The third-order valence-corrected chi connectivity index (χ3v) is 4.01. The predicted octanol–water partition coefficient (Wildman–Crippen LogP) is 0.138. The highest BCUT2D eigenvalue weighted by Gasteiger charge is 2.68. The lowest BCUT2D eigenvalue weighted by Gasteiger charge is -2.09. The maximum Gasteiger partial charge on any atom is 0.224 e. The Morgan fingerprint density at radius 1 is 1.33 bits per heavy atom. The summed E-state index contributed by atoms with van der Waals surface area (Å²) in [5.74, 6) is -0.0339. The number of nitrogens with one attached hydrogen (secondary N) is 1. The van der Waals surface area contributed by atoms with Gasteiger partial charge in [0.15, 0.2) is 0 Å². The van der Waals surface area contributed by atoms with Crippen molar-refractivity contribution in [3.8, 4) is 0 Å². The molecule has 15 heavy (non-hydrogen) atoms. The van der Waals surface area contributed by atoms with Crippen LogP contribution in [0, 0.1) is 16.7 Å². The second kappa shape index (κ2) is 3.76. The van der Waals surface area contributed by atoms with E-state index in [1.165, 1.54) is 0 Å². The monoisotopic (exact) mass is 215 g/mol. The highest BCUT2D eigenvalue weighted by atomic mass is 16.3. The summed E-state index contributed by atoms with van der Waals surface area (Å²) in [6.07, 6.45) is -0.862. The molecule has 0 heterocycles. The molecule has 3 N–H and O–H groups in total. The Balaban J connectivity index is 2.45. The van der Waals surface area contributed by atoms with Gasteiger partial charge in [-0.3, -0.25) is 4.79 Å². The summed E-state index contributed by atoms with van der Waals surface area (Å²) in [7, 11) is 0. The molecule has 4 nitrogen and oxygen atoms in total. The van der Waals surface area contributed by atoms with Gasteiger partial charge >= 0.3 is 0 Å². The van der Waals surface area contributed by atoms with Crippen molar-refractivity contribution in [2.45, 2.75) is 33.8 Å². The van der Waals surface area contributed by atoms with Gasteiger partial charge in [-0.05, 0) is 10.8 Å². The molecule has 0 spiro atoms. The Hall–Kier alpha value is -0.610. The van der Waals surface area contributed by atoms with Gasteiger partial charge in [0.25, 0.3) is 0 Å². The summed E-state index contributed by atoms with van der Waals surface area (Å²) in [4.78, 5) is 11.8. The molecule has 1 saturated carbocycles. The molecule has 0 aromatic heterocycles. The van der Waals surface area contributed by atoms with E-state index in [-0.39, 0.29) is 35.8 Å². The Morgan fingerprint density at radius 2 is 1.80 bits per heavy atom. The number of rotatable bonds is 4. The molecule has 4 heteroatoms. The Labute approximate surface area is 90.7 Å². The van der Waals surface area contributed by atoms with Gasteiger partial charge in [-0.1, -0.05) is 27.7 Å². The molecule has 0 bridgehead atoms. The van der Waals surface area contributed by atoms with Gasteiger partial charge in [0.05, 0.1) is 12.7 Å². The molecular weight excluding hydrogens is 194 g/mol. The molecule has 0 aliphatic heterocycles. The van der Waals surface area contributed by atoms with Crippen LogP contribution in [0.4, 0.5) is 0 Å². The highest BCUT2D eigenvalue weighted by Crippen LogP contribution is 2.68. The fourth-order valence-corrected chi connectivity index (χ4v) is 2.24. The van der Waals surface area contributed by atoms with Crippen LogP contribution in [0.5, 0.6) is 0 Å². The molecule has 0 aromatic carbocycles. The van der Waals surface area contributed by atoms with E-state index < -0.39 is 6.10 Å². The second-order valence-corrected chi connectivity index (χ2v) is 5.46. The van der Waals surface area contributed by atoms with Crippen LogP contribution in [0.2, 0.25) is 0 Å². The van der Waals surface area contributed by atoms with Crippen LogP contribution >= 0.6 is 0 Å². The second-order valence-electron chi connectivity index (χ2n) is 5.46. The van der Waals surface area contributed by atoms with Crippen molar-refractivity contribution < 1.29 is 15.0 Å². The summed E-state index contributed by atoms with van der Waals surface area (Å²) in [6, 6.07) is 0. The molecule has 1 unspecified atom stereocenters. The number of amides is 1. The number of aliphatic hydroxyl groups excluding tert-OH is 2. The molecular formula is C11H21NO3. The van der Waals surface area contributed by atoms with Gasteiger partial charge in [-0.15, -0.1) is 0 Å². The average Bonchev–Trinajstić information content (AvgIpc) is 2.53. The Bertz CT molecular complexity index is 247. The van der Waals surface area contributed by atoms with E-state index in [1.54, 1.807) is 0 Å². The summed E-state index contributed by atoms with van der Waals surface area (Å²) in [6.45, 7) is 8.08. The van der Waals surface area contributed by atoms with Crippen LogP contribution in [0.25, 0.3) is 0 Å². The minimum atomic E-state index is -0.862. The summed E-state index contributed by atoms with van der Waals surface area (Å²) in [5.41, 5.74) is 0.0303. The van der Waals surface area contributed by atoms with E-state index in [2.05, 4.69) is 33.0 Å². The number of hydrogen-bond donors (Lipinski definition) is 3. The van der Waals surface area contributed by atoms with E-state index >= 15 is 0 Å². The van der Waals surface area contributed by atoms with Crippen molar-refractivity contribution in [2.24, 2.45) is 16.7 Å². The fraction of sp³-hybridized carbons (Fsp3) is 0.909. The Morgan fingerprint density at radius 3 is 2.13 bits per heavy atom. The standard InChI is InChI=1S/C11H21NO3/c1-10(2)8(11(10,3)4)9(15)12-5-7(14)6-13/h7-8,13-14H,5-6H2,1-4H3,(H,12,15). The van der Waals surface area contributed by atoms with Crippen molar-refractivity contribution in [1.82, 2.24) is 5.32 Å². The predicted molar refractivity (Wildman–Crippen MR) is 57.2 cm³/mol. The minimum absolute atomic E-state index is 0.00380. The van der Waals surface area contributed by atoms with Gasteiger partial charge in [0.2, 0.25) is 5.91 Å². The highest BCUT2D eigenvalue weighted by molar-refractivity contribution is 5.84. The molecule has 0 aromatic rings. The molecule has 1 fully saturated rings. The van der Waals surface area contributed by atoms with Gasteiger partial charge in [0, 0.05) is 12.5 Å². The van der Waals surface area contributed by atoms with Crippen LogP contribution in [0.3, 0.4) is 0 Å². The van der Waals surface area contributed by atoms with Crippen molar-refractivity contribution in [1.29, 1.82) is 0 Å². The van der Waals surface area contributed by atoms with Crippen LogP contribution in [0.15, 0.2) is 0 Å². The first-order chi connectivity index (χ1) is 6.75. The van der Waals surface area contributed by atoms with Crippen molar-refractivity contribution in [2.75, 3.05) is 13.2 Å². The molecule has 1 aliphatic carbocycles. The number of carbonyl (C=O) groups excluding carboxylic acids is 1. The van der Waals surface area contributed by atoms with Crippen molar-refractivity contribution in [3.05, 3.63) is 0 Å². The van der Waals surface area contributed by atoms with Crippen LogP contribution in [0.1, 0.15) is 27.7 Å². The van der Waals surface area contributed by atoms with Crippen LogP contribution in [-0.2, 0) is 4.79 Å². The summed E-state index contributed by atoms with van der Waals surface area (Å²) < 4.78 is 0. The maximum absolute atomic E-state index is 11.8. The lowest BCUT2D eigenvalue weighted by molar-refractivity contribution is -0.124. The van der Waals surface area contributed by atoms with Gasteiger partial charge < -0.3 is 15.5 Å². The van der Waals surface area contributed by atoms with E-state index in [9.17, 15) is 4.79 Å². The molecule has 88 valence electrons. The topological polar surface area (TPSA) is 69.6 Å². The first-order valence-electron chi connectivity index (χ1n) is 5.31. The largest absolute Gasteiger partial charge is 0.394 e. The summed E-state index contributed by atoms with van der Waals surface area (Å²) in [5, 5.41) is 20.4.